The van der Waals surface area contributed by atoms with Crippen molar-refractivity contribution in [3.8, 4) is 0 Å². The average molecular weight is 305 g/mol. The van der Waals surface area contributed by atoms with E-state index in [-0.39, 0.29) is 11.6 Å². The third kappa shape index (κ3) is 3.43. The number of nitrogens with zero attached hydrogens (tertiary/aromatic N) is 3. The summed E-state index contributed by atoms with van der Waals surface area (Å²) in [7, 11) is 1.68. The molecule has 0 radical (unpaired) electrons. The normalized spacial score (nSPS) is 10.4. The molecule has 6 nitrogen and oxygen atoms in total. The quantitative estimate of drug-likeness (QED) is 0.628. The lowest BCUT2D eigenvalue weighted by Crippen LogP contribution is -2.25. The van der Waals surface area contributed by atoms with Gasteiger partial charge in [0.15, 0.2) is 0 Å². The number of aryl methyl sites for hydroxylation is 1. The van der Waals surface area contributed by atoms with Crippen molar-refractivity contribution in [2.75, 3.05) is 7.05 Å². The molecule has 0 bridgehead atoms. The number of carbonyl (C=O) groups excluding carboxylic acids is 1. The molecule has 0 aromatic carbocycles. The lowest BCUT2D eigenvalue weighted by Gasteiger charge is -2.15. The topological polar surface area (TPSA) is 76.3 Å². The van der Waals surface area contributed by atoms with Crippen LogP contribution in [0.1, 0.15) is 27.0 Å². The summed E-state index contributed by atoms with van der Waals surface area (Å²) in [6.07, 6.45) is 3.87. The molecular weight excluding hydrogens is 290 g/mol. The smallest absolute Gasteiger partial charge is 0.284 e. The van der Waals surface area contributed by atoms with Crippen molar-refractivity contribution in [3.05, 3.63) is 56.0 Å². The molecule has 21 heavy (non-hydrogen) atoms. The van der Waals surface area contributed by atoms with Gasteiger partial charge in [-0.1, -0.05) is 6.92 Å². The van der Waals surface area contributed by atoms with Crippen LogP contribution in [0.5, 0.6) is 0 Å². The van der Waals surface area contributed by atoms with E-state index in [4.69, 9.17) is 0 Å². The molecule has 7 heteroatoms. The van der Waals surface area contributed by atoms with Crippen LogP contribution in [0.15, 0.2) is 30.6 Å². The van der Waals surface area contributed by atoms with Crippen LogP contribution in [0.3, 0.4) is 0 Å². The molecule has 2 heterocycles. The van der Waals surface area contributed by atoms with E-state index in [1.165, 1.54) is 17.4 Å². The fourth-order valence-electron chi connectivity index (χ4n) is 1.95. The third-order valence-corrected chi connectivity index (χ3v) is 4.29. The molecule has 0 atom stereocenters. The van der Waals surface area contributed by atoms with Crippen molar-refractivity contribution in [1.29, 1.82) is 0 Å². The highest BCUT2D eigenvalue weighted by atomic mass is 32.1. The van der Waals surface area contributed by atoms with Gasteiger partial charge in [-0.3, -0.25) is 19.9 Å². The summed E-state index contributed by atoms with van der Waals surface area (Å²) in [6, 6.07) is 5.03. The highest BCUT2D eigenvalue weighted by Crippen LogP contribution is 2.30. The fraction of sp³-hybridized carbons (Fsp3) is 0.286. The van der Waals surface area contributed by atoms with Crippen molar-refractivity contribution in [3.63, 3.8) is 0 Å². The third-order valence-electron chi connectivity index (χ3n) is 3.03. The SMILES string of the molecule is CCc1sc(C(=O)N(C)Cc2ccncc2)cc1[N+](=O)[O-]. The second-order valence-corrected chi connectivity index (χ2v) is 5.68. The second-order valence-electron chi connectivity index (χ2n) is 4.55. The molecule has 0 fully saturated rings. The van der Waals surface area contributed by atoms with Gasteiger partial charge in [0, 0.05) is 32.1 Å². The molecule has 2 aromatic rings. The van der Waals surface area contributed by atoms with E-state index in [1.54, 1.807) is 24.3 Å². The Kier molecular flexibility index (Phi) is 4.64. The molecule has 0 spiro atoms. The van der Waals surface area contributed by atoms with Gasteiger partial charge in [0.25, 0.3) is 11.6 Å². The molecule has 0 saturated carbocycles. The lowest BCUT2D eigenvalue weighted by molar-refractivity contribution is -0.385. The van der Waals surface area contributed by atoms with Gasteiger partial charge in [0.1, 0.15) is 0 Å². The van der Waals surface area contributed by atoms with Gasteiger partial charge in [0.2, 0.25) is 0 Å². The predicted molar refractivity (Wildman–Crippen MR) is 80.4 cm³/mol. The van der Waals surface area contributed by atoms with E-state index in [9.17, 15) is 14.9 Å². The average Bonchev–Trinajstić information content (AvgIpc) is 2.92. The number of nitro groups is 1. The number of hydrogen-bond acceptors (Lipinski definition) is 5. The van der Waals surface area contributed by atoms with Crippen LogP contribution in [-0.4, -0.2) is 27.8 Å². The summed E-state index contributed by atoms with van der Waals surface area (Å²) in [4.78, 5) is 29.4. The van der Waals surface area contributed by atoms with Crippen molar-refractivity contribution < 1.29 is 9.72 Å². The van der Waals surface area contributed by atoms with E-state index in [2.05, 4.69) is 4.98 Å². The highest BCUT2D eigenvalue weighted by molar-refractivity contribution is 7.14. The minimum absolute atomic E-state index is 0.0307. The van der Waals surface area contributed by atoms with E-state index < -0.39 is 4.92 Å². The minimum Gasteiger partial charge on any atom is -0.337 e. The first kappa shape index (κ1) is 15.1. The molecule has 1 amide bonds. The maximum Gasteiger partial charge on any atom is 0.284 e. The largest absolute Gasteiger partial charge is 0.337 e. The zero-order valence-corrected chi connectivity index (χ0v) is 12.6. The van der Waals surface area contributed by atoms with Gasteiger partial charge in [-0.15, -0.1) is 11.3 Å². The Labute approximate surface area is 126 Å². The number of thiophene rings is 1. The van der Waals surface area contributed by atoms with Crippen LogP contribution in [0.4, 0.5) is 5.69 Å². The van der Waals surface area contributed by atoms with Crippen LogP contribution in [-0.2, 0) is 13.0 Å². The lowest BCUT2D eigenvalue weighted by atomic mass is 10.2. The van der Waals surface area contributed by atoms with E-state index in [0.29, 0.717) is 22.7 Å². The maximum absolute atomic E-state index is 12.4. The molecule has 2 rings (SSSR count). The monoisotopic (exact) mass is 305 g/mol. The Bertz CT molecular complexity index is 655. The van der Waals surface area contributed by atoms with E-state index in [0.717, 1.165) is 5.56 Å². The van der Waals surface area contributed by atoms with Crippen molar-refractivity contribution in [1.82, 2.24) is 9.88 Å². The summed E-state index contributed by atoms with van der Waals surface area (Å²) in [5, 5.41) is 11.0. The summed E-state index contributed by atoms with van der Waals surface area (Å²) in [5.74, 6) is -0.209. The molecule has 0 unspecified atom stereocenters. The zero-order chi connectivity index (χ0) is 15.4. The maximum atomic E-state index is 12.4. The number of hydrogen-bond donors (Lipinski definition) is 0. The van der Waals surface area contributed by atoms with Crippen LogP contribution in [0.2, 0.25) is 0 Å². The molecule has 2 aromatic heterocycles. The van der Waals surface area contributed by atoms with Crippen molar-refractivity contribution >= 4 is 22.9 Å². The Morgan fingerprint density at radius 1 is 1.43 bits per heavy atom. The summed E-state index contributed by atoms with van der Waals surface area (Å²) in [6.45, 7) is 2.28. The van der Waals surface area contributed by atoms with Gasteiger partial charge >= 0.3 is 0 Å². The number of pyridine rings is 1. The van der Waals surface area contributed by atoms with Crippen LogP contribution < -0.4 is 0 Å². The zero-order valence-electron chi connectivity index (χ0n) is 11.8. The number of carbonyl (C=O) groups is 1. The standard InChI is InChI=1S/C14H15N3O3S/c1-3-12-11(17(19)20)8-13(21-12)14(18)16(2)9-10-4-6-15-7-5-10/h4-8H,3,9H2,1-2H3. The first-order chi connectivity index (χ1) is 10.0. The van der Waals surface area contributed by atoms with Gasteiger partial charge in [-0.05, 0) is 24.1 Å². The summed E-state index contributed by atoms with van der Waals surface area (Å²) >= 11 is 1.19. The van der Waals surface area contributed by atoms with Crippen LogP contribution in [0, 0.1) is 10.1 Å². The van der Waals surface area contributed by atoms with Gasteiger partial charge in [-0.2, -0.15) is 0 Å². The molecule has 0 saturated heterocycles. The van der Waals surface area contributed by atoms with Crippen LogP contribution >= 0.6 is 11.3 Å². The van der Waals surface area contributed by atoms with Gasteiger partial charge < -0.3 is 4.90 Å². The molecule has 0 aliphatic rings. The molecule has 0 aliphatic carbocycles. The Hall–Kier alpha value is -2.28. The van der Waals surface area contributed by atoms with Gasteiger partial charge in [-0.25, -0.2) is 0 Å². The number of rotatable bonds is 5. The summed E-state index contributed by atoms with van der Waals surface area (Å²) < 4.78 is 0. The molecule has 110 valence electrons. The second kappa shape index (κ2) is 6.45. The molecule has 0 aliphatic heterocycles. The highest BCUT2D eigenvalue weighted by Gasteiger charge is 2.23. The Morgan fingerprint density at radius 2 is 2.10 bits per heavy atom. The van der Waals surface area contributed by atoms with E-state index >= 15 is 0 Å². The van der Waals surface area contributed by atoms with E-state index in [1.807, 2.05) is 19.1 Å². The van der Waals surface area contributed by atoms with Crippen molar-refractivity contribution in [2.24, 2.45) is 0 Å². The fourth-order valence-corrected chi connectivity index (χ4v) is 3.02. The summed E-state index contributed by atoms with van der Waals surface area (Å²) in [5.41, 5.74) is 0.991. The van der Waals surface area contributed by atoms with Gasteiger partial charge in [0.05, 0.1) is 14.7 Å². The van der Waals surface area contributed by atoms with Crippen molar-refractivity contribution in [2.45, 2.75) is 19.9 Å². The Balaban J connectivity index is 2.18. The van der Waals surface area contributed by atoms with Crippen LogP contribution in [0.25, 0.3) is 0 Å². The Morgan fingerprint density at radius 3 is 2.62 bits per heavy atom. The number of amides is 1. The first-order valence-corrected chi connectivity index (χ1v) is 7.26. The number of aromatic nitrogens is 1. The first-order valence-electron chi connectivity index (χ1n) is 6.44. The predicted octanol–water partition coefficient (Wildman–Crippen LogP) is 2.89. The molecular formula is C14H15N3O3S. The molecule has 0 N–H and O–H groups in total. The minimum atomic E-state index is -0.436.